The molecular formula is C24H25N7O2. The van der Waals surface area contributed by atoms with Crippen molar-refractivity contribution in [2.24, 2.45) is 0 Å². The molecule has 2 aromatic heterocycles. The Kier molecular flexibility index (Phi) is 5.44. The van der Waals surface area contributed by atoms with E-state index < -0.39 is 0 Å². The summed E-state index contributed by atoms with van der Waals surface area (Å²) in [6.07, 6.45) is 7.84. The van der Waals surface area contributed by atoms with Crippen molar-refractivity contribution in [1.82, 2.24) is 24.8 Å². The zero-order valence-electron chi connectivity index (χ0n) is 18.5. The summed E-state index contributed by atoms with van der Waals surface area (Å²) in [5.41, 5.74) is 3.51. The summed E-state index contributed by atoms with van der Waals surface area (Å²) in [5, 5.41) is 6.75. The number of aromatic nitrogens is 3. The number of hydrogen-bond donors (Lipinski definition) is 2. The molecule has 9 heteroatoms. The minimum absolute atomic E-state index is 0.139. The molecule has 1 aromatic carbocycles. The molecule has 0 atom stereocenters. The number of piperazine rings is 1. The van der Waals surface area contributed by atoms with Crippen molar-refractivity contribution in [3.05, 3.63) is 51.9 Å². The molecule has 33 heavy (non-hydrogen) atoms. The summed E-state index contributed by atoms with van der Waals surface area (Å²) < 4.78 is 1.33. The van der Waals surface area contributed by atoms with Gasteiger partial charge in [0.25, 0.3) is 5.56 Å². The van der Waals surface area contributed by atoms with Gasteiger partial charge in [-0.25, -0.2) is 4.98 Å². The lowest BCUT2D eigenvalue weighted by molar-refractivity contribution is -0.121. The molecule has 3 aromatic rings. The van der Waals surface area contributed by atoms with Crippen molar-refractivity contribution in [2.45, 2.75) is 13.0 Å². The van der Waals surface area contributed by atoms with E-state index in [1.807, 2.05) is 6.07 Å². The molecule has 0 saturated carbocycles. The van der Waals surface area contributed by atoms with E-state index in [9.17, 15) is 9.59 Å². The molecule has 4 bridgehead atoms. The van der Waals surface area contributed by atoms with E-state index in [2.05, 4.69) is 55.5 Å². The molecule has 4 heterocycles. The van der Waals surface area contributed by atoms with Crippen LogP contribution in [0.25, 0.3) is 11.0 Å². The maximum atomic E-state index is 12.7. The fraction of sp³-hybridized carbons (Fsp3) is 0.333. The van der Waals surface area contributed by atoms with E-state index in [1.165, 1.54) is 16.3 Å². The lowest BCUT2D eigenvalue weighted by atomic mass is 10.1. The maximum Gasteiger partial charge on any atom is 0.253 e. The summed E-state index contributed by atoms with van der Waals surface area (Å²) in [7, 11) is 2.13. The average molecular weight is 444 g/mol. The predicted molar refractivity (Wildman–Crippen MR) is 128 cm³/mol. The number of pyridine rings is 1. The summed E-state index contributed by atoms with van der Waals surface area (Å²) in [4.78, 5) is 39.0. The molecule has 168 valence electrons. The van der Waals surface area contributed by atoms with E-state index >= 15 is 0 Å². The third kappa shape index (κ3) is 4.13. The first-order valence-electron chi connectivity index (χ1n) is 11.0. The number of benzene rings is 1. The average Bonchev–Trinajstić information content (AvgIpc) is 2.82. The van der Waals surface area contributed by atoms with Crippen molar-refractivity contribution < 1.29 is 4.79 Å². The lowest BCUT2D eigenvalue weighted by Crippen LogP contribution is -2.44. The molecule has 2 aliphatic heterocycles. The molecule has 0 aliphatic carbocycles. The highest BCUT2D eigenvalue weighted by Gasteiger charge is 2.19. The highest BCUT2D eigenvalue weighted by atomic mass is 16.2. The molecule has 5 rings (SSSR count). The van der Waals surface area contributed by atoms with Crippen LogP contribution in [0.4, 0.5) is 17.3 Å². The van der Waals surface area contributed by atoms with Gasteiger partial charge in [0.2, 0.25) is 11.9 Å². The van der Waals surface area contributed by atoms with Gasteiger partial charge in [-0.05, 0) is 37.2 Å². The van der Waals surface area contributed by atoms with Gasteiger partial charge in [-0.15, -0.1) is 6.42 Å². The molecule has 0 unspecified atom stereocenters. The van der Waals surface area contributed by atoms with Crippen LogP contribution in [0.5, 0.6) is 0 Å². The van der Waals surface area contributed by atoms with Gasteiger partial charge in [0.1, 0.15) is 12.2 Å². The smallest absolute Gasteiger partial charge is 0.253 e. The number of anilines is 3. The first kappa shape index (κ1) is 21.0. The maximum absolute atomic E-state index is 12.7. The highest BCUT2D eigenvalue weighted by molar-refractivity contribution is 5.84. The fourth-order valence-corrected chi connectivity index (χ4v) is 4.37. The van der Waals surface area contributed by atoms with Crippen molar-refractivity contribution >= 4 is 34.3 Å². The zero-order valence-corrected chi connectivity index (χ0v) is 18.5. The topological polar surface area (TPSA) is 95.4 Å². The molecule has 1 saturated heterocycles. The first-order valence-corrected chi connectivity index (χ1v) is 11.0. The standard InChI is InChI=1S/C24H25N7O2/c1-3-16-13-22(33)31-15-21(32)25-7-6-17-12-18(27-24-26-14-19(16)23(31)28-24)4-5-20(17)30-10-8-29(2)9-11-30/h1,4-5,12-14H,6-11,15H2,2H3,(H,25,32)(H,26,27,28). The Morgan fingerprint density at radius 1 is 1.12 bits per heavy atom. The lowest BCUT2D eigenvalue weighted by Gasteiger charge is -2.35. The number of terminal acetylenes is 1. The number of hydrogen-bond acceptors (Lipinski definition) is 7. The number of fused-ring (bicyclic) bond motifs is 3. The van der Waals surface area contributed by atoms with Crippen LogP contribution in [0, 0.1) is 12.3 Å². The van der Waals surface area contributed by atoms with Crippen LogP contribution in [0.15, 0.2) is 35.3 Å². The minimum atomic E-state index is -0.372. The van der Waals surface area contributed by atoms with Gasteiger partial charge in [0.05, 0.1) is 5.39 Å². The van der Waals surface area contributed by atoms with Crippen LogP contribution in [-0.2, 0) is 17.8 Å². The third-order valence-corrected chi connectivity index (χ3v) is 6.20. The molecular weight excluding hydrogens is 418 g/mol. The van der Waals surface area contributed by atoms with Gasteiger partial charge < -0.3 is 20.4 Å². The van der Waals surface area contributed by atoms with Gasteiger partial charge in [-0.1, -0.05) is 5.92 Å². The fourth-order valence-electron chi connectivity index (χ4n) is 4.37. The van der Waals surface area contributed by atoms with Crippen molar-refractivity contribution in [1.29, 1.82) is 0 Å². The Hall–Kier alpha value is -3.90. The van der Waals surface area contributed by atoms with E-state index in [-0.39, 0.29) is 18.0 Å². The highest BCUT2D eigenvalue weighted by Crippen LogP contribution is 2.27. The number of carbonyl (C=O) groups excluding carboxylic acids is 1. The molecule has 2 aliphatic rings. The van der Waals surface area contributed by atoms with Crippen LogP contribution >= 0.6 is 0 Å². The quantitative estimate of drug-likeness (QED) is 0.541. The van der Waals surface area contributed by atoms with Gasteiger partial charge in [-0.3, -0.25) is 14.2 Å². The second-order valence-electron chi connectivity index (χ2n) is 8.42. The van der Waals surface area contributed by atoms with Gasteiger partial charge in [-0.2, -0.15) is 4.98 Å². The number of nitrogens with one attached hydrogen (secondary N) is 2. The molecule has 0 spiro atoms. The molecule has 1 fully saturated rings. The van der Waals surface area contributed by atoms with Crippen LogP contribution in [0.3, 0.4) is 0 Å². The summed E-state index contributed by atoms with van der Waals surface area (Å²) in [6.45, 7) is 4.26. The Balaban J connectivity index is 1.58. The van der Waals surface area contributed by atoms with Crippen molar-refractivity contribution in [3.63, 3.8) is 0 Å². The molecule has 1 amide bonds. The number of likely N-dealkylation sites (N-methyl/N-ethyl adjacent to an activating group) is 1. The van der Waals surface area contributed by atoms with Gasteiger partial charge in [0, 0.05) is 61.9 Å². The van der Waals surface area contributed by atoms with Crippen LogP contribution in [0.2, 0.25) is 0 Å². The monoisotopic (exact) mass is 443 g/mol. The van der Waals surface area contributed by atoms with Gasteiger partial charge >= 0.3 is 0 Å². The number of rotatable bonds is 1. The number of carbonyl (C=O) groups is 1. The summed E-state index contributed by atoms with van der Waals surface area (Å²) in [6, 6.07) is 7.54. The second kappa shape index (κ2) is 8.56. The Bertz CT molecular complexity index is 1330. The predicted octanol–water partition coefficient (Wildman–Crippen LogP) is 0.940. The SMILES string of the molecule is C#Cc1cc(=O)n2c3nc(ncc13)Nc1ccc(N3CCN(C)CC3)c(c1)CCNC(=O)C2. The Morgan fingerprint density at radius 3 is 2.73 bits per heavy atom. The second-order valence-corrected chi connectivity index (χ2v) is 8.42. The zero-order chi connectivity index (χ0) is 22.9. The van der Waals surface area contributed by atoms with Gasteiger partial charge in [0.15, 0.2) is 0 Å². The van der Waals surface area contributed by atoms with Crippen LogP contribution in [-0.4, -0.2) is 65.1 Å². The molecule has 0 radical (unpaired) electrons. The van der Waals surface area contributed by atoms with Crippen molar-refractivity contribution in [3.8, 4) is 12.3 Å². The van der Waals surface area contributed by atoms with E-state index in [4.69, 9.17) is 6.42 Å². The minimum Gasteiger partial charge on any atom is -0.369 e. The van der Waals surface area contributed by atoms with Crippen LogP contribution in [0.1, 0.15) is 11.1 Å². The van der Waals surface area contributed by atoms with Crippen molar-refractivity contribution in [2.75, 3.05) is 50.0 Å². The van der Waals surface area contributed by atoms with E-state index in [0.717, 1.165) is 37.4 Å². The first-order chi connectivity index (χ1) is 16.0. The van der Waals surface area contributed by atoms with Crippen LogP contribution < -0.4 is 21.1 Å². The Morgan fingerprint density at radius 2 is 1.94 bits per heavy atom. The largest absolute Gasteiger partial charge is 0.369 e. The number of nitrogens with zero attached hydrogens (tertiary/aromatic N) is 5. The Labute approximate surface area is 191 Å². The summed E-state index contributed by atoms with van der Waals surface area (Å²) >= 11 is 0. The molecule has 9 nitrogen and oxygen atoms in total. The summed E-state index contributed by atoms with van der Waals surface area (Å²) in [5.74, 6) is 2.59. The third-order valence-electron chi connectivity index (χ3n) is 6.20. The number of amides is 1. The molecule has 2 N–H and O–H groups in total. The van der Waals surface area contributed by atoms with E-state index in [0.29, 0.717) is 35.5 Å². The van der Waals surface area contributed by atoms with E-state index in [1.54, 1.807) is 6.20 Å². The normalized spacial score (nSPS) is 16.8.